The molecule has 0 radical (unpaired) electrons. The molecule has 86 valence electrons. The van der Waals surface area contributed by atoms with Gasteiger partial charge in [0.25, 0.3) is 0 Å². The minimum atomic E-state index is -5.11. The van der Waals surface area contributed by atoms with Gasteiger partial charge in [0.1, 0.15) is 7.92 Å². The molecule has 0 aliphatic rings. The highest BCUT2D eigenvalue weighted by molar-refractivity contribution is 7.62. The van der Waals surface area contributed by atoms with Gasteiger partial charge in [0.15, 0.2) is 0 Å². The third-order valence-corrected chi connectivity index (χ3v) is 4.75. The lowest BCUT2D eigenvalue weighted by atomic mass is 11.0. The van der Waals surface area contributed by atoms with Crippen molar-refractivity contribution in [2.24, 2.45) is 0 Å². The molecule has 0 aromatic carbocycles. The second-order valence-electron chi connectivity index (χ2n) is 2.89. The Morgan fingerprint density at radius 1 is 0.786 bits per heavy atom. The largest absolute Gasteiger partial charge is 0.413 e. The van der Waals surface area contributed by atoms with Gasteiger partial charge in [-0.05, 0) is 25.7 Å². The zero-order chi connectivity index (χ0) is 11.6. The summed E-state index contributed by atoms with van der Waals surface area (Å²) in [5, 5.41) is 0. The van der Waals surface area contributed by atoms with Crippen molar-refractivity contribution in [1.82, 2.24) is 0 Å². The Kier molecular flexibility index (Phi) is 5.13. The minimum Gasteiger partial charge on any atom is -0.167 e. The molecule has 0 aliphatic heterocycles. The predicted octanol–water partition coefficient (Wildman–Crippen LogP) is 4.25. The van der Waals surface area contributed by atoms with Gasteiger partial charge >= 0.3 is 11.8 Å². The Balaban J connectivity index is 4.44. The van der Waals surface area contributed by atoms with Crippen molar-refractivity contribution in [3.63, 3.8) is 0 Å². The quantitative estimate of drug-likeness (QED) is 0.524. The summed E-state index contributed by atoms with van der Waals surface area (Å²) in [7, 11) is -4.57. The summed E-state index contributed by atoms with van der Waals surface area (Å²) in [5.41, 5.74) is 0. The molecular weight excluding hydrogens is 248 g/mol. The fourth-order valence-electron chi connectivity index (χ4n) is 0.697. The van der Waals surface area contributed by atoms with Gasteiger partial charge < -0.3 is 0 Å². The summed E-state index contributed by atoms with van der Waals surface area (Å²) in [5.74, 6) is -10.2. The van der Waals surface area contributed by atoms with E-state index in [0.29, 0.717) is 0 Å². The molecule has 0 rings (SSSR count). The van der Waals surface area contributed by atoms with Crippen LogP contribution in [0.15, 0.2) is 0 Å². The highest BCUT2D eigenvalue weighted by Crippen LogP contribution is 2.64. The van der Waals surface area contributed by atoms with E-state index in [4.69, 9.17) is 0 Å². The fourth-order valence-corrected chi connectivity index (χ4v) is 3.89. The molecule has 14 heavy (non-hydrogen) atoms. The molecule has 0 N–H and O–H groups in total. The van der Waals surface area contributed by atoms with Gasteiger partial charge in [-0.1, -0.05) is 0 Å². The molecule has 0 atom stereocenters. The average Bonchev–Trinajstić information content (AvgIpc) is 1.78. The van der Waals surface area contributed by atoms with E-state index in [1.54, 1.807) is 13.3 Å². The van der Waals surface area contributed by atoms with Gasteiger partial charge in [-0.2, -0.15) is 26.3 Å². The summed E-state index contributed by atoms with van der Waals surface area (Å²) >= 11 is 0. The van der Waals surface area contributed by atoms with Crippen molar-refractivity contribution >= 4 is 15.8 Å². The van der Waals surface area contributed by atoms with Crippen LogP contribution < -0.4 is 0 Å². The smallest absolute Gasteiger partial charge is 0.167 e. The molecule has 8 heteroatoms. The van der Waals surface area contributed by atoms with E-state index in [1.165, 1.54) is 0 Å². The molecule has 0 bridgehead atoms. The first-order chi connectivity index (χ1) is 6.05. The number of rotatable bonds is 3. The molecule has 0 amide bonds. The Bertz CT molecular complexity index is 158. The number of hydrogen-bond acceptors (Lipinski definition) is 0. The minimum absolute atomic E-state index is 0.0139. The lowest BCUT2D eigenvalue weighted by Crippen LogP contribution is -2.21. The van der Waals surface area contributed by atoms with Crippen molar-refractivity contribution in [3.8, 4) is 0 Å². The van der Waals surface area contributed by atoms with Crippen LogP contribution in [0.2, 0.25) is 0 Å². The van der Waals surface area contributed by atoms with Crippen molar-refractivity contribution < 1.29 is 26.3 Å². The van der Waals surface area contributed by atoms with Crippen LogP contribution in [0.5, 0.6) is 0 Å². The lowest BCUT2D eigenvalue weighted by molar-refractivity contribution is -0.0831. The monoisotopic (exact) mass is 258 g/mol. The molecule has 0 heterocycles. The standard InChI is InChI=1S/C6H10F6P2/c1-13(2)3-4-14(5(7,8)9)6(10,11)12/h3-4H2,1-2H3. The molecule has 0 saturated carbocycles. The first kappa shape index (κ1) is 14.4. The lowest BCUT2D eigenvalue weighted by Gasteiger charge is -2.23. The molecule has 0 nitrogen and oxygen atoms in total. The number of alkyl halides is 6. The van der Waals surface area contributed by atoms with Crippen LogP contribution in [0, 0.1) is 0 Å². The van der Waals surface area contributed by atoms with E-state index in [0.717, 1.165) is 0 Å². The fraction of sp³-hybridized carbons (Fsp3) is 1.00. The number of halogens is 6. The van der Waals surface area contributed by atoms with Gasteiger partial charge in [0.2, 0.25) is 0 Å². The SMILES string of the molecule is CP(C)CCP(C(F)(F)F)C(F)(F)F. The van der Waals surface area contributed by atoms with Crippen LogP contribution in [0.1, 0.15) is 0 Å². The summed E-state index contributed by atoms with van der Waals surface area (Å²) in [6, 6.07) is 0. The zero-order valence-electron chi connectivity index (χ0n) is 7.58. The van der Waals surface area contributed by atoms with Gasteiger partial charge in [-0.25, -0.2) is 0 Å². The maximum atomic E-state index is 12.0. The van der Waals surface area contributed by atoms with Crippen LogP contribution in [0.4, 0.5) is 26.3 Å². The molecule has 0 unspecified atom stereocenters. The summed E-state index contributed by atoms with van der Waals surface area (Å²) in [6.07, 6.45) is -0.777. The van der Waals surface area contributed by atoms with Crippen LogP contribution in [0.25, 0.3) is 0 Å². The second-order valence-corrected chi connectivity index (χ2v) is 7.81. The van der Waals surface area contributed by atoms with Crippen LogP contribution in [0.3, 0.4) is 0 Å². The van der Waals surface area contributed by atoms with Crippen molar-refractivity contribution in [2.75, 3.05) is 25.7 Å². The Labute approximate surface area is 80.6 Å². The molecule has 0 aliphatic carbocycles. The van der Waals surface area contributed by atoms with Gasteiger partial charge in [0.05, 0.1) is 0 Å². The highest BCUT2D eigenvalue weighted by Gasteiger charge is 2.55. The Morgan fingerprint density at radius 2 is 1.14 bits per heavy atom. The van der Waals surface area contributed by atoms with E-state index in [9.17, 15) is 26.3 Å². The summed E-state index contributed by atoms with van der Waals surface area (Å²) in [4.78, 5) is 0. The molecule has 0 spiro atoms. The van der Waals surface area contributed by atoms with Crippen molar-refractivity contribution in [3.05, 3.63) is 0 Å². The molecular formula is C6H10F6P2. The van der Waals surface area contributed by atoms with E-state index in [-0.39, 0.29) is 6.16 Å². The van der Waals surface area contributed by atoms with E-state index >= 15 is 0 Å². The predicted molar refractivity (Wildman–Crippen MR) is 47.5 cm³/mol. The molecule has 0 aromatic heterocycles. The zero-order valence-corrected chi connectivity index (χ0v) is 9.37. The van der Waals surface area contributed by atoms with Crippen molar-refractivity contribution in [2.45, 2.75) is 11.8 Å². The summed E-state index contributed by atoms with van der Waals surface area (Å²) in [6.45, 7) is 3.32. The molecule has 0 fully saturated rings. The average molecular weight is 258 g/mol. The Morgan fingerprint density at radius 3 is 1.36 bits per heavy atom. The van der Waals surface area contributed by atoms with Crippen molar-refractivity contribution in [1.29, 1.82) is 0 Å². The van der Waals surface area contributed by atoms with E-state index < -0.39 is 33.8 Å². The second kappa shape index (κ2) is 4.98. The first-order valence-corrected chi connectivity index (χ1v) is 7.56. The highest BCUT2D eigenvalue weighted by atomic mass is 31.1. The van der Waals surface area contributed by atoms with Gasteiger partial charge in [-0.15, -0.1) is 7.92 Å². The van der Waals surface area contributed by atoms with Crippen LogP contribution in [-0.2, 0) is 0 Å². The Hall–Kier alpha value is 0.440. The maximum absolute atomic E-state index is 12.0. The third-order valence-electron chi connectivity index (χ3n) is 1.38. The maximum Gasteiger partial charge on any atom is 0.413 e. The van der Waals surface area contributed by atoms with Gasteiger partial charge in [-0.3, -0.25) is 0 Å². The summed E-state index contributed by atoms with van der Waals surface area (Å²) < 4.78 is 71.9. The first-order valence-electron chi connectivity index (χ1n) is 3.61. The van der Waals surface area contributed by atoms with E-state index in [1.807, 2.05) is 0 Å². The van der Waals surface area contributed by atoms with Crippen LogP contribution >= 0.6 is 15.8 Å². The van der Waals surface area contributed by atoms with E-state index in [2.05, 4.69) is 0 Å². The third kappa shape index (κ3) is 5.35. The normalized spacial score (nSPS) is 14.1. The van der Waals surface area contributed by atoms with Gasteiger partial charge in [0, 0.05) is 0 Å². The molecule has 0 saturated heterocycles. The number of hydrogen-bond donors (Lipinski definition) is 0. The topological polar surface area (TPSA) is 0 Å². The van der Waals surface area contributed by atoms with Crippen LogP contribution in [-0.4, -0.2) is 37.5 Å². The molecule has 0 aromatic rings.